The fourth-order valence-corrected chi connectivity index (χ4v) is 5.99. The molecule has 4 rings (SSSR count). The molecule has 0 aliphatic heterocycles. The summed E-state index contributed by atoms with van der Waals surface area (Å²) < 4.78 is 43.6. The molecule has 1 aromatic carbocycles. The summed E-state index contributed by atoms with van der Waals surface area (Å²) in [5.74, 6) is 3.19. The van der Waals surface area contributed by atoms with Crippen molar-refractivity contribution in [3.63, 3.8) is 0 Å². The summed E-state index contributed by atoms with van der Waals surface area (Å²) >= 11 is 0. The lowest BCUT2D eigenvalue weighted by Crippen LogP contribution is -2.34. The Balaban J connectivity index is 1.43. The molecule has 2 saturated carbocycles. The number of hydrogen-bond donors (Lipinski definition) is 0. The van der Waals surface area contributed by atoms with Gasteiger partial charge in [-0.2, -0.15) is 8.78 Å². The van der Waals surface area contributed by atoms with E-state index in [1.165, 1.54) is 44.6 Å². The van der Waals surface area contributed by atoms with Crippen LogP contribution in [0.1, 0.15) is 63.0 Å². The number of fused-ring (bicyclic) bond motifs is 2. The Kier molecular flexibility index (Phi) is 5.20. The van der Waals surface area contributed by atoms with Crippen molar-refractivity contribution in [3.8, 4) is 5.75 Å². The van der Waals surface area contributed by atoms with Gasteiger partial charge in [-0.15, -0.1) is 0 Å². The van der Waals surface area contributed by atoms with Crippen LogP contribution in [0.25, 0.3) is 0 Å². The predicted molar refractivity (Wildman–Crippen MR) is 95.9 cm³/mol. The molecule has 0 aromatic heterocycles. The summed E-state index contributed by atoms with van der Waals surface area (Å²) in [7, 11) is 0. The normalized spacial score (nSPS) is 34.3. The van der Waals surface area contributed by atoms with Crippen LogP contribution in [0, 0.1) is 35.4 Å². The van der Waals surface area contributed by atoms with Crippen LogP contribution in [0.15, 0.2) is 12.1 Å². The van der Waals surface area contributed by atoms with E-state index in [0.29, 0.717) is 17.9 Å². The lowest BCUT2D eigenvalue weighted by Gasteiger charge is -2.44. The molecule has 0 amide bonds. The molecule has 0 heterocycles. The standard InChI is InChI=1S/C22H29F3O/c1-13-2-3-15-11-16(5-4-14(15)10-13)17-6-8-19-18(12-17)7-9-20(21(19)23)26-22(24)25/h7,9,13-17,22H,2-6,8,10-12H2,1H3. The lowest BCUT2D eigenvalue weighted by atomic mass is 9.61. The van der Waals surface area contributed by atoms with E-state index in [1.807, 2.05) is 0 Å². The van der Waals surface area contributed by atoms with Crippen LogP contribution < -0.4 is 4.74 Å². The topological polar surface area (TPSA) is 9.23 Å². The van der Waals surface area contributed by atoms with Crippen LogP contribution in [-0.2, 0) is 12.8 Å². The molecule has 0 spiro atoms. The maximum absolute atomic E-state index is 14.5. The van der Waals surface area contributed by atoms with Gasteiger partial charge in [0.15, 0.2) is 11.6 Å². The third-order valence-corrected chi connectivity index (χ3v) is 7.35. The van der Waals surface area contributed by atoms with Crippen molar-refractivity contribution in [2.75, 3.05) is 0 Å². The molecule has 0 N–H and O–H groups in total. The molecule has 26 heavy (non-hydrogen) atoms. The fraction of sp³-hybridized carbons (Fsp3) is 0.727. The van der Waals surface area contributed by atoms with Gasteiger partial charge in [0.05, 0.1) is 0 Å². The minimum absolute atomic E-state index is 0.311. The van der Waals surface area contributed by atoms with Gasteiger partial charge in [-0.1, -0.05) is 19.4 Å². The second kappa shape index (κ2) is 7.44. The van der Waals surface area contributed by atoms with Gasteiger partial charge < -0.3 is 4.74 Å². The molecule has 4 heteroatoms. The van der Waals surface area contributed by atoms with E-state index < -0.39 is 12.4 Å². The Bertz CT molecular complexity index is 645. The third-order valence-electron chi connectivity index (χ3n) is 7.35. The number of benzene rings is 1. The molecule has 1 nitrogen and oxygen atoms in total. The zero-order valence-electron chi connectivity index (χ0n) is 15.5. The molecule has 3 aliphatic carbocycles. The van der Waals surface area contributed by atoms with Crippen LogP contribution in [-0.4, -0.2) is 6.61 Å². The molecule has 0 radical (unpaired) electrons. The number of ether oxygens (including phenoxy) is 1. The van der Waals surface area contributed by atoms with Crippen LogP contribution in [0.5, 0.6) is 5.75 Å². The SMILES string of the molecule is CC1CCC2CC(C3CCc4c(ccc(OC(F)F)c4F)C3)CCC2C1. The molecule has 2 fully saturated rings. The van der Waals surface area contributed by atoms with E-state index in [-0.39, 0.29) is 5.75 Å². The molecule has 1 aromatic rings. The van der Waals surface area contributed by atoms with Gasteiger partial charge in [0, 0.05) is 0 Å². The molecule has 0 saturated heterocycles. The number of alkyl halides is 2. The molecular formula is C22H29F3O. The summed E-state index contributed by atoms with van der Waals surface area (Å²) in [6, 6.07) is 3.18. The Morgan fingerprint density at radius 3 is 2.38 bits per heavy atom. The first kappa shape index (κ1) is 18.2. The van der Waals surface area contributed by atoms with Crippen molar-refractivity contribution < 1.29 is 17.9 Å². The van der Waals surface area contributed by atoms with E-state index in [1.54, 1.807) is 6.07 Å². The lowest BCUT2D eigenvalue weighted by molar-refractivity contribution is -0.0523. The Morgan fingerprint density at radius 2 is 1.62 bits per heavy atom. The van der Waals surface area contributed by atoms with E-state index in [2.05, 4.69) is 11.7 Å². The van der Waals surface area contributed by atoms with Crippen LogP contribution in [0.2, 0.25) is 0 Å². The van der Waals surface area contributed by atoms with Crippen molar-refractivity contribution >= 4 is 0 Å². The average Bonchev–Trinajstić information content (AvgIpc) is 2.63. The van der Waals surface area contributed by atoms with Crippen molar-refractivity contribution in [2.45, 2.75) is 71.3 Å². The minimum atomic E-state index is -2.98. The smallest absolute Gasteiger partial charge is 0.387 e. The molecule has 0 bridgehead atoms. The largest absolute Gasteiger partial charge is 0.432 e. The first-order valence-corrected chi connectivity index (χ1v) is 10.3. The Labute approximate surface area is 154 Å². The van der Waals surface area contributed by atoms with E-state index in [9.17, 15) is 13.2 Å². The highest BCUT2D eigenvalue weighted by atomic mass is 19.3. The van der Waals surface area contributed by atoms with Crippen LogP contribution >= 0.6 is 0 Å². The van der Waals surface area contributed by atoms with Gasteiger partial charge in [0.1, 0.15) is 0 Å². The summed E-state index contributed by atoms with van der Waals surface area (Å²) in [6.45, 7) is -0.590. The van der Waals surface area contributed by atoms with E-state index >= 15 is 0 Å². The van der Waals surface area contributed by atoms with Gasteiger partial charge in [-0.25, -0.2) is 4.39 Å². The second-order valence-corrected chi connectivity index (χ2v) is 8.91. The third kappa shape index (κ3) is 3.61. The maximum atomic E-state index is 14.5. The highest BCUT2D eigenvalue weighted by Crippen LogP contribution is 2.48. The summed E-state index contributed by atoms with van der Waals surface area (Å²) in [4.78, 5) is 0. The van der Waals surface area contributed by atoms with E-state index in [0.717, 1.165) is 42.1 Å². The minimum Gasteiger partial charge on any atom is -0.432 e. The highest BCUT2D eigenvalue weighted by molar-refractivity contribution is 5.39. The monoisotopic (exact) mass is 366 g/mol. The van der Waals surface area contributed by atoms with Crippen LogP contribution in [0.4, 0.5) is 13.2 Å². The molecule has 5 atom stereocenters. The average molecular weight is 366 g/mol. The van der Waals surface area contributed by atoms with Crippen molar-refractivity contribution in [3.05, 3.63) is 29.1 Å². The van der Waals surface area contributed by atoms with Gasteiger partial charge in [0.2, 0.25) is 0 Å². The molecule has 5 unspecified atom stereocenters. The number of halogens is 3. The Morgan fingerprint density at radius 1 is 0.923 bits per heavy atom. The quantitative estimate of drug-likeness (QED) is 0.603. The summed E-state index contributed by atoms with van der Waals surface area (Å²) in [6.07, 6.45) is 10.7. The van der Waals surface area contributed by atoms with Crippen LogP contribution in [0.3, 0.4) is 0 Å². The molecule has 144 valence electrons. The molecular weight excluding hydrogens is 337 g/mol. The predicted octanol–water partition coefficient (Wildman–Crippen LogP) is 6.38. The number of hydrogen-bond acceptors (Lipinski definition) is 1. The Hall–Kier alpha value is -1.19. The van der Waals surface area contributed by atoms with E-state index in [4.69, 9.17) is 0 Å². The first-order chi connectivity index (χ1) is 12.5. The number of rotatable bonds is 3. The summed E-state index contributed by atoms with van der Waals surface area (Å²) in [5, 5.41) is 0. The van der Waals surface area contributed by atoms with Gasteiger partial charge in [0.25, 0.3) is 0 Å². The van der Waals surface area contributed by atoms with Crippen molar-refractivity contribution in [1.29, 1.82) is 0 Å². The maximum Gasteiger partial charge on any atom is 0.387 e. The second-order valence-electron chi connectivity index (χ2n) is 8.91. The van der Waals surface area contributed by atoms with Gasteiger partial charge in [-0.05, 0) is 98.1 Å². The fourth-order valence-electron chi connectivity index (χ4n) is 5.99. The highest BCUT2D eigenvalue weighted by Gasteiger charge is 2.38. The zero-order valence-corrected chi connectivity index (χ0v) is 15.5. The zero-order chi connectivity index (χ0) is 18.3. The first-order valence-electron chi connectivity index (χ1n) is 10.3. The van der Waals surface area contributed by atoms with Crippen molar-refractivity contribution in [2.24, 2.45) is 29.6 Å². The van der Waals surface area contributed by atoms with Gasteiger partial charge >= 0.3 is 6.61 Å². The molecule has 3 aliphatic rings. The van der Waals surface area contributed by atoms with Gasteiger partial charge in [-0.3, -0.25) is 0 Å². The van der Waals surface area contributed by atoms with Crippen molar-refractivity contribution in [1.82, 2.24) is 0 Å². The summed E-state index contributed by atoms with van der Waals surface area (Å²) in [5.41, 5.74) is 1.60.